The molecule has 0 aliphatic rings. The number of pyridine rings is 1. The summed E-state index contributed by atoms with van der Waals surface area (Å²) in [4.78, 5) is 25.3. The quantitative estimate of drug-likeness (QED) is 0.687. The summed E-state index contributed by atoms with van der Waals surface area (Å²) >= 11 is 0. The number of nitrogens with two attached hydrogens (primary N) is 1. The molecule has 0 aliphatic heterocycles. The van der Waals surface area contributed by atoms with E-state index in [4.69, 9.17) is 10.8 Å². The number of hydrogen-bond acceptors (Lipinski definition) is 4. The van der Waals surface area contributed by atoms with Crippen LogP contribution in [-0.4, -0.2) is 27.5 Å². The molecule has 86 valence electrons. The highest BCUT2D eigenvalue weighted by atomic mass is 16.4. The van der Waals surface area contributed by atoms with E-state index in [1.165, 1.54) is 18.3 Å². The van der Waals surface area contributed by atoms with Gasteiger partial charge in [0.2, 0.25) is 5.91 Å². The number of nitrogens with zero attached hydrogens (tertiary/aromatic N) is 1. The van der Waals surface area contributed by atoms with Crippen LogP contribution in [0.4, 0.5) is 5.69 Å². The van der Waals surface area contributed by atoms with Crippen LogP contribution in [0.25, 0.3) is 0 Å². The van der Waals surface area contributed by atoms with Gasteiger partial charge in [0.15, 0.2) is 0 Å². The van der Waals surface area contributed by atoms with Crippen LogP contribution in [0, 0.1) is 0 Å². The van der Waals surface area contributed by atoms with Crippen molar-refractivity contribution in [1.29, 1.82) is 0 Å². The molecule has 6 heteroatoms. The minimum atomic E-state index is -1.10. The monoisotopic (exact) mass is 223 g/mol. The number of aromatic carboxylic acids is 1. The number of carboxylic acid groups (broad SMARTS) is 1. The van der Waals surface area contributed by atoms with Crippen molar-refractivity contribution in [3.05, 3.63) is 24.0 Å². The summed E-state index contributed by atoms with van der Waals surface area (Å²) in [5.41, 5.74) is 4.75. The third-order valence-corrected chi connectivity index (χ3v) is 2.06. The predicted octanol–water partition coefficient (Wildman–Crippen LogP) is 0.456. The molecular weight excluding hydrogens is 210 g/mol. The van der Waals surface area contributed by atoms with E-state index in [0.29, 0.717) is 5.69 Å². The highest BCUT2D eigenvalue weighted by Crippen LogP contribution is 2.13. The molecule has 0 unspecified atom stereocenters. The smallest absolute Gasteiger partial charge is 0.354 e. The van der Waals surface area contributed by atoms with Crippen molar-refractivity contribution < 1.29 is 14.7 Å². The predicted molar refractivity (Wildman–Crippen MR) is 58.1 cm³/mol. The van der Waals surface area contributed by atoms with Gasteiger partial charge in [-0.05, 0) is 26.0 Å². The third-order valence-electron chi connectivity index (χ3n) is 2.06. The van der Waals surface area contributed by atoms with Gasteiger partial charge >= 0.3 is 5.97 Å². The second-order valence-electron chi connectivity index (χ2n) is 3.85. The van der Waals surface area contributed by atoms with Gasteiger partial charge in [0.05, 0.1) is 11.9 Å². The molecule has 0 aromatic carbocycles. The molecule has 1 aromatic rings. The average molecular weight is 223 g/mol. The molecule has 0 atom stereocenters. The highest BCUT2D eigenvalue weighted by Gasteiger charge is 2.24. The van der Waals surface area contributed by atoms with Gasteiger partial charge in [0.1, 0.15) is 11.2 Å². The Morgan fingerprint density at radius 2 is 2.06 bits per heavy atom. The van der Waals surface area contributed by atoms with E-state index in [2.05, 4.69) is 10.3 Å². The number of amides is 1. The summed E-state index contributed by atoms with van der Waals surface area (Å²) in [7, 11) is 0. The summed E-state index contributed by atoms with van der Waals surface area (Å²) in [6.07, 6.45) is 1.34. The lowest BCUT2D eigenvalue weighted by Gasteiger charge is -2.23. The van der Waals surface area contributed by atoms with Crippen LogP contribution in [0.3, 0.4) is 0 Å². The van der Waals surface area contributed by atoms with Gasteiger partial charge in [-0.15, -0.1) is 0 Å². The number of rotatable bonds is 4. The second kappa shape index (κ2) is 4.18. The zero-order valence-corrected chi connectivity index (χ0v) is 9.02. The number of nitrogens with one attached hydrogen (secondary N) is 1. The lowest BCUT2D eigenvalue weighted by Crippen LogP contribution is -2.45. The minimum Gasteiger partial charge on any atom is -0.477 e. The normalized spacial score (nSPS) is 10.9. The Labute approximate surface area is 92.5 Å². The zero-order chi connectivity index (χ0) is 12.3. The first-order valence-electron chi connectivity index (χ1n) is 4.60. The molecule has 1 rings (SSSR count). The van der Waals surface area contributed by atoms with E-state index >= 15 is 0 Å². The van der Waals surface area contributed by atoms with E-state index in [1.807, 2.05) is 0 Å². The Bertz CT molecular complexity index is 412. The first kappa shape index (κ1) is 12.0. The molecule has 0 saturated carbocycles. The maximum atomic E-state index is 11.0. The van der Waals surface area contributed by atoms with Gasteiger partial charge in [-0.2, -0.15) is 0 Å². The van der Waals surface area contributed by atoms with Gasteiger partial charge in [-0.3, -0.25) is 4.79 Å². The fraction of sp³-hybridized carbons (Fsp3) is 0.300. The third kappa shape index (κ3) is 2.69. The first-order valence-corrected chi connectivity index (χ1v) is 4.60. The fourth-order valence-corrected chi connectivity index (χ4v) is 1.02. The lowest BCUT2D eigenvalue weighted by molar-refractivity contribution is -0.121. The van der Waals surface area contributed by atoms with E-state index < -0.39 is 17.4 Å². The van der Waals surface area contributed by atoms with Crippen LogP contribution in [0.2, 0.25) is 0 Å². The maximum Gasteiger partial charge on any atom is 0.354 e. The summed E-state index contributed by atoms with van der Waals surface area (Å²) < 4.78 is 0. The number of primary amides is 1. The number of carboxylic acids is 1. The standard InChI is InChI=1S/C10H13N3O3/c1-10(2,9(11)16)13-6-3-4-7(8(14)15)12-5-6/h3-5,13H,1-2H3,(H2,11,16)(H,14,15). The molecule has 1 heterocycles. The second-order valence-corrected chi connectivity index (χ2v) is 3.85. The lowest BCUT2D eigenvalue weighted by atomic mass is 10.1. The van der Waals surface area contributed by atoms with E-state index in [9.17, 15) is 9.59 Å². The number of hydrogen-bond donors (Lipinski definition) is 3. The minimum absolute atomic E-state index is 0.0533. The summed E-state index contributed by atoms with van der Waals surface area (Å²) in [5, 5.41) is 11.5. The number of aromatic nitrogens is 1. The van der Waals surface area contributed by atoms with Gasteiger partial charge in [-0.25, -0.2) is 9.78 Å². The average Bonchev–Trinajstić information content (AvgIpc) is 2.17. The first-order chi connectivity index (χ1) is 7.33. The Kier molecular flexibility index (Phi) is 3.12. The molecule has 4 N–H and O–H groups in total. The fourth-order valence-electron chi connectivity index (χ4n) is 1.02. The van der Waals surface area contributed by atoms with Crippen LogP contribution in [0.15, 0.2) is 18.3 Å². The maximum absolute atomic E-state index is 11.0. The number of anilines is 1. The SMILES string of the molecule is CC(C)(Nc1ccc(C(=O)O)nc1)C(N)=O. The largest absolute Gasteiger partial charge is 0.477 e. The molecule has 0 spiro atoms. The molecular formula is C10H13N3O3. The molecule has 0 saturated heterocycles. The van der Waals surface area contributed by atoms with Gasteiger partial charge in [0, 0.05) is 0 Å². The number of carbonyl (C=O) groups is 2. The molecule has 0 bridgehead atoms. The van der Waals surface area contributed by atoms with Gasteiger partial charge in [0.25, 0.3) is 0 Å². The van der Waals surface area contributed by atoms with Gasteiger partial charge in [-0.1, -0.05) is 0 Å². The Balaban J connectivity index is 2.84. The van der Waals surface area contributed by atoms with Crippen molar-refractivity contribution in [1.82, 2.24) is 4.98 Å². The van der Waals surface area contributed by atoms with Crippen LogP contribution < -0.4 is 11.1 Å². The highest BCUT2D eigenvalue weighted by molar-refractivity contribution is 5.87. The van der Waals surface area contributed by atoms with Crippen molar-refractivity contribution in [2.24, 2.45) is 5.73 Å². The van der Waals surface area contributed by atoms with Crippen molar-refractivity contribution in [2.75, 3.05) is 5.32 Å². The van der Waals surface area contributed by atoms with Crippen LogP contribution in [-0.2, 0) is 4.79 Å². The van der Waals surface area contributed by atoms with Crippen LogP contribution in [0.1, 0.15) is 24.3 Å². The number of carbonyl (C=O) groups excluding carboxylic acids is 1. The summed E-state index contributed by atoms with van der Waals surface area (Å²) in [6.45, 7) is 3.25. The van der Waals surface area contributed by atoms with Crippen molar-refractivity contribution in [2.45, 2.75) is 19.4 Å². The molecule has 0 fully saturated rings. The van der Waals surface area contributed by atoms with Crippen molar-refractivity contribution in [3.63, 3.8) is 0 Å². The Morgan fingerprint density at radius 3 is 2.44 bits per heavy atom. The molecule has 16 heavy (non-hydrogen) atoms. The van der Waals surface area contributed by atoms with Crippen molar-refractivity contribution >= 4 is 17.6 Å². The summed E-state index contributed by atoms with van der Waals surface area (Å²) in [5.74, 6) is -1.60. The van der Waals surface area contributed by atoms with Crippen LogP contribution in [0.5, 0.6) is 0 Å². The summed E-state index contributed by atoms with van der Waals surface area (Å²) in [6, 6.07) is 2.88. The Morgan fingerprint density at radius 1 is 1.44 bits per heavy atom. The molecule has 1 amide bonds. The van der Waals surface area contributed by atoms with Crippen molar-refractivity contribution in [3.8, 4) is 0 Å². The topological polar surface area (TPSA) is 105 Å². The van der Waals surface area contributed by atoms with E-state index in [-0.39, 0.29) is 5.69 Å². The molecule has 6 nitrogen and oxygen atoms in total. The molecule has 0 aliphatic carbocycles. The zero-order valence-electron chi connectivity index (χ0n) is 9.02. The van der Waals surface area contributed by atoms with E-state index in [0.717, 1.165) is 0 Å². The molecule has 1 aromatic heterocycles. The molecule has 0 radical (unpaired) electrons. The van der Waals surface area contributed by atoms with Gasteiger partial charge < -0.3 is 16.2 Å². The Hall–Kier alpha value is -2.11. The van der Waals surface area contributed by atoms with Crippen LogP contribution >= 0.6 is 0 Å². The van der Waals surface area contributed by atoms with E-state index in [1.54, 1.807) is 13.8 Å².